The second kappa shape index (κ2) is 5.95. The topological polar surface area (TPSA) is 26.3 Å². The van der Waals surface area contributed by atoms with Crippen molar-refractivity contribution in [2.75, 3.05) is 7.11 Å². The number of hydrogen-bond donors (Lipinski definition) is 0. The van der Waals surface area contributed by atoms with E-state index in [4.69, 9.17) is 27.9 Å². The summed E-state index contributed by atoms with van der Waals surface area (Å²) < 4.78 is 5.69. The van der Waals surface area contributed by atoms with Gasteiger partial charge in [0.15, 0.2) is 5.78 Å². The van der Waals surface area contributed by atoms with Gasteiger partial charge in [-0.3, -0.25) is 4.79 Å². The lowest BCUT2D eigenvalue weighted by atomic mass is 10.0. The zero-order valence-corrected chi connectivity index (χ0v) is 13.0. The number of ketones is 1. The molecule has 0 aromatic heterocycles. The largest absolute Gasteiger partial charge is 0.497 e. The summed E-state index contributed by atoms with van der Waals surface area (Å²) in [4.78, 5) is 12.4. The standard InChI is InChI=1S/C14H9BrCl2O2/c1-19-9-3-5-11(13(17)7-9)14(18)10-4-2-8(16)6-12(10)15/h2-7H,1H3. The first-order valence-corrected chi connectivity index (χ1v) is 6.91. The quantitative estimate of drug-likeness (QED) is 0.721. The number of benzene rings is 2. The van der Waals surface area contributed by atoms with Crippen LogP contribution in [-0.4, -0.2) is 12.9 Å². The number of halogens is 3. The molecule has 0 bridgehead atoms. The van der Waals surface area contributed by atoms with Gasteiger partial charge >= 0.3 is 0 Å². The summed E-state index contributed by atoms with van der Waals surface area (Å²) >= 11 is 15.3. The van der Waals surface area contributed by atoms with E-state index in [9.17, 15) is 4.79 Å². The van der Waals surface area contributed by atoms with E-state index in [1.807, 2.05) is 0 Å². The summed E-state index contributed by atoms with van der Waals surface area (Å²) in [5.41, 5.74) is 0.932. The second-order valence-electron chi connectivity index (χ2n) is 3.80. The number of hydrogen-bond acceptors (Lipinski definition) is 2. The van der Waals surface area contributed by atoms with Crippen molar-refractivity contribution < 1.29 is 9.53 Å². The third-order valence-electron chi connectivity index (χ3n) is 2.60. The molecular weight excluding hydrogens is 351 g/mol. The van der Waals surface area contributed by atoms with Crippen molar-refractivity contribution in [2.45, 2.75) is 0 Å². The van der Waals surface area contributed by atoms with E-state index in [-0.39, 0.29) is 5.78 Å². The Balaban J connectivity index is 2.44. The normalized spacial score (nSPS) is 10.3. The molecule has 19 heavy (non-hydrogen) atoms. The maximum Gasteiger partial charge on any atom is 0.195 e. The average molecular weight is 360 g/mol. The molecule has 0 fully saturated rings. The van der Waals surface area contributed by atoms with Gasteiger partial charge in [0.2, 0.25) is 0 Å². The summed E-state index contributed by atoms with van der Waals surface area (Å²) in [5.74, 6) is 0.438. The Hall–Kier alpha value is -1.03. The molecule has 5 heteroatoms. The van der Waals surface area contributed by atoms with Crippen LogP contribution < -0.4 is 4.74 Å². The van der Waals surface area contributed by atoms with E-state index in [1.54, 1.807) is 43.5 Å². The molecule has 0 saturated heterocycles. The lowest BCUT2D eigenvalue weighted by Gasteiger charge is -2.07. The van der Waals surface area contributed by atoms with Gasteiger partial charge in [-0.05, 0) is 52.3 Å². The van der Waals surface area contributed by atoms with Crippen LogP contribution in [0, 0.1) is 0 Å². The zero-order valence-electron chi connectivity index (χ0n) is 9.91. The van der Waals surface area contributed by atoms with Gasteiger partial charge in [0.1, 0.15) is 5.75 Å². The predicted octanol–water partition coefficient (Wildman–Crippen LogP) is 5.00. The lowest BCUT2D eigenvalue weighted by molar-refractivity contribution is 0.103. The Morgan fingerprint density at radius 2 is 1.79 bits per heavy atom. The summed E-state index contributed by atoms with van der Waals surface area (Å²) in [6.07, 6.45) is 0. The van der Waals surface area contributed by atoms with Crippen molar-refractivity contribution in [3.05, 3.63) is 62.0 Å². The minimum absolute atomic E-state index is 0.170. The zero-order chi connectivity index (χ0) is 14.0. The van der Waals surface area contributed by atoms with Crippen LogP contribution in [0.5, 0.6) is 5.75 Å². The van der Waals surface area contributed by atoms with Crippen molar-refractivity contribution in [2.24, 2.45) is 0 Å². The molecule has 0 saturated carbocycles. The van der Waals surface area contributed by atoms with E-state index in [0.29, 0.717) is 31.4 Å². The number of rotatable bonds is 3. The summed E-state index contributed by atoms with van der Waals surface area (Å²) in [6.45, 7) is 0. The third kappa shape index (κ3) is 3.11. The third-order valence-corrected chi connectivity index (χ3v) is 3.80. The van der Waals surface area contributed by atoms with E-state index >= 15 is 0 Å². The van der Waals surface area contributed by atoms with Crippen molar-refractivity contribution >= 4 is 44.9 Å². The summed E-state index contributed by atoms with van der Waals surface area (Å²) in [5, 5.41) is 0.912. The Kier molecular flexibility index (Phi) is 4.50. The molecule has 0 aliphatic rings. The molecule has 2 aromatic carbocycles. The van der Waals surface area contributed by atoms with Gasteiger partial charge in [-0.15, -0.1) is 0 Å². The van der Waals surface area contributed by atoms with Crippen LogP contribution in [0.25, 0.3) is 0 Å². The molecule has 0 amide bonds. The Morgan fingerprint density at radius 3 is 2.37 bits per heavy atom. The summed E-state index contributed by atoms with van der Waals surface area (Å²) in [6, 6.07) is 9.95. The summed E-state index contributed by atoms with van der Waals surface area (Å²) in [7, 11) is 1.54. The van der Waals surface area contributed by atoms with Crippen LogP contribution in [0.15, 0.2) is 40.9 Å². The maximum absolute atomic E-state index is 12.4. The molecule has 0 unspecified atom stereocenters. The Labute approximate surface area is 129 Å². The highest BCUT2D eigenvalue weighted by molar-refractivity contribution is 9.10. The molecule has 2 nitrogen and oxygen atoms in total. The SMILES string of the molecule is COc1ccc(C(=O)c2ccc(Cl)cc2Br)c(Cl)c1. The van der Waals surface area contributed by atoms with E-state index in [2.05, 4.69) is 15.9 Å². The molecule has 2 aromatic rings. The van der Waals surface area contributed by atoms with Crippen LogP contribution in [0.1, 0.15) is 15.9 Å². The maximum atomic E-state index is 12.4. The molecule has 0 radical (unpaired) electrons. The van der Waals surface area contributed by atoms with E-state index in [1.165, 1.54) is 0 Å². The second-order valence-corrected chi connectivity index (χ2v) is 5.50. The number of methoxy groups -OCH3 is 1. The predicted molar refractivity (Wildman–Crippen MR) is 80.6 cm³/mol. The Morgan fingerprint density at radius 1 is 1.11 bits per heavy atom. The van der Waals surface area contributed by atoms with Crippen LogP contribution in [-0.2, 0) is 0 Å². The monoisotopic (exact) mass is 358 g/mol. The minimum Gasteiger partial charge on any atom is -0.497 e. The van der Waals surface area contributed by atoms with Crippen LogP contribution >= 0.6 is 39.1 Å². The Bertz CT molecular complexity index is 641. The highest BCUT2D eigenvalue weighted by atomic mass is 79.9. The first-order chi connectivity index (χ1) is 9.02. The van der Waals surface area contributed by atoms with E-state index < -0.39 is 0 Å². The van der Waals surface area contributed by atoms with Crippen LogP contribution in [0.3, 0.4) is 0 Å². The van der Waals surface area contributed by atoms with E-state index in [0.717, 1.165) is 0 Å². The fraction of sp³-hybridized carbons (Fsp3) is 0.0714. The van der Waals surface area contributed by atoms with Gasteiger partial charge in [0.05, 0.1) is 12.1 Å². The van der Waals surface area contributed by atoms with Crippen molar-refractivity contribution in [3.63, 3.8) is 0 Å². The molecular formula is C14H9BrCl2O2. The number of ether oxygens (including phenoxy) is 1. The molecule has 98 valence electrons. The van der Waals surface area contributed by atoms with Crippen molar-refractivity contribution in [1.29, 1.82) is 0 Å². The lowest BCUT2D eigenvalue weighted by Crippen LogP contribution is -2.03. The number of carbonyl (C=O) groups excluding carboxylic acids is 1. The van der Waals surface area contributed by atoms with Gasteiger partial charge in [-0.2, -0.15) is 0 Å². The highest BCUT2D eigenvalue weighted by Gasteiger charge is 2.16. The first kappa shape index (κ1) is 14.4. The molecule has 0 heterocycles. The van der Waals surface area contributed by atoms with Crippen molar-refractivity contribution in [1.82, 2.24) is 0 Å². The van der Waals surface area contributed by atoms with Crippen LogP contribution in [0.2, 0.25) is 10.0 Å². The molecule has 0 aliphatic heterocycles. The fourth-order valence-electron chi connectivity index (χ4n) is 1.63. The van der Waals surface area contributed by atoms with Crippen LogP contribution in [0.4, 0.5) is 0 Å². The van der Waals surface area contributed by atoms with Crippen molar-refractivity contribution in [3.8, 4) is 5.75 Å². The molecule has 0 N–H and O–H groups in total. The number of carbonyl (C=O) groups is 1. The van der Waals surface area contributed by atoms with Gasteiger partial charge < -0.3 is 4.74 Å². The minimum atomic E-state index is -0.170. The van der Waals surface area contributed by atoms with Gasteiger partial charge in [0.25, 0.3) is 0 Å². The molecule has 0 spiro atoms. The average Bonchev–Trinajstić information content (AvgIpc) is 2.37. The molecule has 0 aliphatic carbocycles. The van der Waals surface area contributed by atoms with Gasteiger partial charge in [-0.1, -0.05) is 23.2 Å². The highest BCUT2D eigenvalue weighted by Crippen LogP contribution is 2.28. The fourth-order valence-corrected chi connectivity index (χ4v) is 2.74. The first-order valence-electron chi connectivity index (χ1n) is 5.36. The van der Waals surface area contributed by atoms with Gasteiger partial charge in [-0.25, -0.2) is 0 Å². The molecule has 0 atom stereocenters. The van der Waals surface area contributed by atoms with Gasteiger partial charge in [0, 0.05) is 20.6 Å². The molecule has 2 rings (SSSR count). The smallest absolute Gasteiger partial charge is 0.195 e.